The van der Waals surface area contributed by atoms with E-state index in [1.165, 1.54) is 17.9 Å². The molecule has 27 heavy (non-hydrogen) atoms. The second-order valence-corrected chi connectivity index (χ2v) is 10.9. The smallest absolute Gasteiger partial charge is 0.270 e. The first-order valence-corrected chi connectivity index (χ1v) is 12.1. The first kappa shape index (κ1) is 18.9. The van der Waals surface area contributed by atoms with Gasteiger partial charge in [-0.2, -0.15) is 5.10 Å². The summed E-state index contributed by atoms with van der Waals surface area (Å²) in [5.41, 5.74) is 0.428. The lowest BCUT2D eigenvalue weighted by atomic mass is 9.72. The molecule has 0 aromatic rings. The molecular formula is C19H29N3O4S. The van der Waals surface area contributed by atoms with E-state index in [9.17, 15) is 18.0 Å². The van der Waals surface area contributed by atoms with E-state index >= 15 is 0 Å². The second-order valence-electron chi connectivity index (χ2n) is 8.62. The summed E-state index contributed by atoms with van der Waals surface area (Å²) < 4.78 is 23.6. The van der Waals surface area contributed by atoms with Gasteiger partial charge in [-0.3, -0.25) is 9.59 Å². The third-order valence-corrected chi connectivity index (χ3v) is 8.61. The maximum atomic E-state index is 13.2. The first-order valence-electron chi connectivity index (χ1n) is 10.3. The maximum Gasteiger partial charge on any atom is 0.270 e. The predicted octanol–water partition coefficient (Wildman–Crippen LogP) is 1.58. The Balaban J connectivity index is 1.54. The zero-order valence-electron chi connectivity index (χ0n) is 16.0. The fraction of sp³-hybridized carbons (Fsp3) is 0.842. The summed E-state index contributed by atoms with van der Waals surface area (Å²) in [7, 11) is -3.11. The van der Waals surface area contributed by atoms with Crippen LogP contribution in [0.2, 0.25) is 0 Å². The summed E-state index contributed by atoms with van der Waals surface area (Å²) in [4.78, 5) is 27.6. The van der Waals surface area contributed by atoms with Gasteiger partial charge in [-0.15, -0.1) is 0 Å². The van der Waals surface area contributed by atoms with Gasteiger partial charge in [0.15, 0.2) is 9.84 Å². The summed E-state index contributed by atoms with van der Waals surface area (Å²) in [5.74, 6) is 1.05. The van der Waals surface area contributed by atoms with Crippen molar-refractivity contribution in [3.63, 3.8) is 0 Å². The molecule has 1 saturated carbocycles. The van der Waals surface area contributed by atoms with Crippen LogP contribution in [0.5, 0.6) is 0 Å². The van der Waals surface area contributed by atoms with Crippen molar-refractivity contribution in [2.45, 2.75) is 70.4 Å². The van der Waals surface area contributed by atoms with Crippen molar-refractivity contribution in [1.82, 2.24) is 9.91 Å². The van der Waals surface area contributed by atoms with E-state index in [4.69, 9.17) is 0 Å². The Bertz CT molecular complexity index is 763. The molecule has 2 amide bonds. The molecule has 3 heterocycles. The molecule has 0 bridgehead atoms. The zero-order valence-corrected chi connectivity index (χ0v) is 16.8. The molecule has 8 heteroatoms. The number of hydrazone groups is 1. The molecule has 2 saturated heterocycles. The largest absolute Gasteiger partial charge is 0.334 e. The Morgan fingerprint density at radius 1 is 1.11 bits per heavy atom. The number of likely N-dealkylation sites (tertiary alicyclic amines) is 1. The average Bonchev–Trinajstić information content (AvgIpc) is 3.02. The number of nitrogens with zero attached hydrogens (tertiary/aromatic N) is 3. The minimum Gasteiger partial charge on any atom is -0.334 e. The molecule has 4 unspecified atom stereocenters. The van der Waals surface area contributed by atoms with Crippen LogP contribution in [-0.4, -0.2) is 66.0 Å². The van der Waals surface area contributed by atoms with E-state index in [0.717, 1.165) is 25.8 Å². The summed E-state index contributed by atoms with van der Waals surface area (Å²) in [5, 5.41) is 5.68. The Morgan fingerprint density at radius 3 is 2.63 bits per heavy atom. The molecule has 4 aliphatic rings. The Morgan fingerprint density at radius 2 is 1.89 bits per heavy atom. The van der Waals surface area contributed by atoms with Gasteiger partial charge in [0.25, 0.3) is 5.91 Å². The minimum atomic E-state index is -3.11. The van der Waals surface area contributed by atoms with Crippen molar-refractivity contribution in [1.29, 1.82) is 0 Å². The van der Waals surface area contributed by atoms with Crippen LogP contribution < -0.4 is 0 Å². The third kappa shape index (κ3) is 3.65. The van der Waals surface area contributed by atoms with Crippen molar-refractivity contribution in [2.75, 3.05) is 18.1 Å². The normalized spacial score (nSPS) is 36.3. The number of rotatable bonds is 2. The molecule has 4 rings (SSSR count). The molecule has 0 N–H and O–H groups in total. The standard InChI is InChI=1S/C19H29N3O4S/c1-13-8-10-21(17-5-3-2-4-15(13)17)19(24)16-6-7-18(23)22(20-16)14-9-11-27(25,26)12-14/h13-15,17H,2-12H2,1H3. The Hall–Kier alpha value is -1.44. The van der Waals surface area contributed by atoms with E-state index in [-0.39, 0.29) is 35.8 Å². The number of hydrogen-bond donors (Lipinski definition) is 0. The van der Waals surface area contributed by atoms with Crippen molar-refractivity contribution in [3.8, 4) is 0 Å². The van der Waals surface area contributed by atoms with Crippen molar-refractivity contribution in [3.05, 3.63) is 0 Å². The monoisotopic (exact) mass is 395 g/mol. The van der Waals surface area contributed by atoms with Gasteiger partial charge in [0.2, 0.25) is 5.91 Å². The van der Waals surface area contributed by atoms with E-state index in [2.05, 4.69) is 12.0 Å². The lowest BCUT2D eigenvalue weighted by Gasteiger charge is -2.47. The highest BCUT2D eigenvalue weighted by molar-refractivity contribution is 7.91. The number of sulfone groups is 1. The Labute approximate surface area is 161 Å². The fourth-order valence-electron chi connectivity index (χ4n) is 5.31. The number of amides is 2. The number of carbonyl (C=O) groups excluding carboxylic acids is 2. The van der Waals surface area contributed by atoms with Crippen LogP contribution in [0.25, 0.3) is 0 Å². The summed E-state index contributed by atoms with van der Waals surface area (Å²) in [6.07, 6.45) is 6.66. The van der Waals surface area contributed by atoms with E-state index in [1.54, 1.807) is 0 Å². The van der Waals surface area contributed by atoms with Gasteiger partial charge in [-0.1, -0.05) is 19.8 Å². The van der Waals surface area contributed by atoms with Crippen molar-refractivity contribution < 1.29 is 18.0 Å². The highest BCUT2D eigenvalue weighted by atomic mass is 32.2. The van der Waals surface area contributed by atoms with Crippen LogP contribution in [-0.2, 0) is 19.4 Å². The molecule has 150 valence electrons. The molecule has 0 aromatic heterocycles. The minimum absolute atomic E-state index is 0.0443. The van der Waals surface area contributed by atoms with Gasteiger partial charge in [0.1, 0.15) is 5.71 Å². The molecule has 3 aliphatic heterocycles. The predicted molar refractivity (Wildman–Crippen MR) is 102 cm³/mol. The molecule has 3 fully saturated rings. The van der Waals surface area contributed by atoms with Crippen LogP contribution in [0.4, 0.5) is 0 Å². The first-order chi connectivity index (χ1) is 12.9. The molecule has 0 spiro atoms. The van der Waals surface area contributed by atoms with E-state index in [0.29, 0.717) is 30.4 Å². The van der Waals surface area contributed by atoms with Crippen LogP contribution >= 0.6 is 0 Å². The highest BCUT2D eigenvalue weighted by Crippen LogP contribution is 2.39. The number of hydrogen-bond acceptors (Lipinski definition) is 5. The number of fused-ring (bicyclic) bond motifs is 1. The molecule has 7 nitrogen and oxygen atoms in total. The highest BCUT2D eigenvalue weighted by Gasteiger charge is 2.42. The lowest BCUT2D eigenvalue weighted by molar-refractivity contribution is -0.135. The van der Waals surface area contributed by atoms with E-state index < -0.39 is 15.9 Å². The molecule has 4 atom stereocenters. The summed E-state index contributed by atoms with van der Waals surface area (Å²) in [6.45, 7) is 3.05. The van der Waals surface area contributed by atoms with Gasteiger partial charge in [-0.05, 0) is 37.5 Å². The lowest BCUT2D eigenvalue weighted by Crippen LogP contribution is -2.55. The Kier molecular flexibility index (Phi) is 5.03. The number of carbonyl (C=O) groups is 2. The van der Waals surface area contributed by atoms with Crippen molar-refractivity contribution in [2.24, 2.45) is 16.9 Å². The van der Waals surface area contributed by atoms with Gasteiger partial charge in [-0.25, -0.2) is 13.4 Å². The van der Waals surface area contributed by atoms with E-state index in [1.807, 2.05) is 4.90 Å². The van der Waals surface area contributed by atoms with Gasteiger partial charge < -0.3 is 4.90 Å². The maximum absolute atomic E-state index is 13.2. The van der Waals surface area contributed by atoms with Crippen molar-refractivity contribution >= 4 is 27.4 Å². The second kappa shape index (κ2) is 7.18. The molecule has 0 radical (unpaired) electrons. The van der Waals surface area contributed by atoms with Crippen LogP contribution in [0.15, 0.2) is 5.10 Å². The quantitative estimate of drug-likeness (QED) is 0.710. The summed E-state index contributed by atoms with van der Waals surface area (Å²) >= 11 is 0. The molecule has 0 aromatic carbocycles. The topological polar surface area (TPSA) is 87.1 Å². The SMILES string of the molecule is CC1CCN(C(=O)C2=NN(C3CCS(=O)(=O)C3)C(=O)CC2)C2CCCCC12. The van der Waals surface area contributed by atoms with Crippen LogP contribution in [0.1, 0.15) is 58.3 Å². The molecule has 1 aliphatic carbocycles. The van der Waals surface area contributed by atoms with Gasteiger partial charge in [0.05, 0.1) is 17.5 Å². The number of piperidine rings is 1. The van der Waals surface area contributed by atoms with Crippen LogP contribution in [0, 0.1) is 11.8 Å². The van der Waals surface area contributed by atoms with Crippen LogP contribution in [0.3, 0.4) is 0 Å². The fourth-order valence-corrected chi connectivity index (χ4v) is 7.00. The average molecular weight is 396 g/mol. The van der Waals surface area contributed by atoms with Gasteiger partial charge in [0, 0.05) is 25.4 Å². The summed E-state index contributed by atoms with van der Waals surface area (Å²) in [6, 6.07) is -0.134. The molecular weight excluding hydrogens is 366 g/mol. The zero-order chi connectivity index (χ0) is 19.2. The third-order valence-electron chi connectivity index (χ3n) is 6.86. The van der Waals surface area contributed by atoms with Gasteiger partial charge >= 0.3 is 0 Å².